The van der Waals surface area contributed by atoms with Crippen LogP contribution in [0.3, 0.4) is 0 Å². The van der Waals surface area contributed by atoms with E-state index in [9.17, 15) is 9.59 Å². The van der Waals surface area contributed by atoms with E-state index < -0.39 is 0 Å². The van der Waals surface area contributed by atoms with E-state index in [4.69, 9.17) is 5.73 Å². The Morgan fingerprint density at radius 2 is 1.62 bits per heavy atom. The van der Waals surface area contributed by atoms with Gasteiger partial charge in [-0.1, -0.05) is 30.3 Å². The summed E-state index contributed by atoms with van der Waals surface area (Å²) < 4.78 is 1.36. The Bertz CT molecular complexity index is 932. The van der Waals surface area contributed by atoms with E-state index in [1.807, 2.05) is 36.6 Å². The van der Waals surface area contributed by atoms with Crippen molar-refractivity contribution >= 4 is 23.4 Å². The first kappa shape index (κ1) is 16.1. The molecule has 0 fully saturated rings. The molecule has 1 heterocycles. The number of ketones is 1. The molecule has 1 aromatic heterocycles. The predicted molar refractivity (Wildman–Crippen MR) is 98.1 cm³/mol. The van der Waals surface area contributed by atoms with Crippen molar-refractivity contribution in [2.45, 2.75) is 4.90 Å². The number of carbonyl (C=O) groups is 1. The van der Waals surface area contributed by atoms with E-state index in [0.717, 1.165) is 4.90 Å². The van der Waals surface area contributed by atoms with Gasteiger partial charge < -0.3 is 5.73 Å². The molecule has 0 aliphatic rings. The van der Waals surface area contributed by atoms with Crippen LogP contribution < -0.4 is 11.3 Å². The van der Waals surface area contributed by atoms with Gasteiger partial charge in [0.05, 0.1) is 11.3 Å². The first-order chi connectivity index (χ1) is 11.6. The molecule has 0 amide bonds. The van der Waals surface area contributed by atoms with Gasteiger partial charge in [0.2, 0.25) is 0 Å². The lowest BCUT2D eigenvalue weighted by atomic mass is 10.0. The van der Waals surface area contributed by atoms with Crippen LogP contribution in [0.25, 0.3) is 5.69 Å². The molecule has 0 radical (unpaired) electrons. The highest BCUT2D eigenvalue weighted by atomic mass is 32.2. The van der Waals surface area contributed by atoms with Gasteiger partial charge in [-0.05, 0) is 36.6 Å². The maximum absolute atomic E-state index is 12.7. The number of benzene rings is 2. The van der Waals surface area contributed by atoms with Crippen LogP contribution in [0, 0.1) is 0 Å². The zero-order chi connectivity index (χ0) is 17.1. The van der Waals surface area contributed by atoms with Gasteiger partial charge in [-0.25, -0.2) is 0 Å². The molecule has 3 aromatic rings. The number of rotatable bonds is 4. The quantitative estimate of drug-likeness (QED) is 0.586. The van der Waals surface area contributed by atoms with Gasteiger partial charge in [0.25, 0.3) is 5.56 Å². The van der Waals surface area contributed by atoms with Crippen molar-refractivity contribution < 1.29 is 4.79 Å². The summed E-state index contributed by atoms with van der Waals surface area (Å²) in [5.41, 5.74) is 7.38. The molecular weight excluding hydrogens is 320 g/mol. The van der Waals surface area contributed by atoms with Gasteiger partial charge in [0.15, 0.2) is 5.78 Å². The van der Waals surface area contributed by atoms with E-state index in [1.54, 1.807) is 36.0 Å². The Balaban J connectivity index is 2.11. The molecule has 0 spiro atoms. The highest BCUT2D eigenvalue weighted by Gasteiger charge is 2.16. The molecule has 2 N–H and O–H groups in total. The number of hydrogen-bond acceptors (Lipinski definition) is 4. The smallest absolute Gasteiger partial charge is 0.256 e. The lowest BCUT2D eigenvalue weighted by molar-refractivity contribution is 0.103. The van der Waals surface area contributed by atoms with Crippen molar-refractivity contribution in [2.24, 2.45) is 0 Å². The summed E-state index contributed by atoms with van der Waals surface area (Å²) in [5.74, 6) is -0.0594. The Kier molecular flexibility index (Phi) is 4.53. The number of pyridine rings is 1. The molecule has 0 saturated heterocycles. The molecule has 24 heavy (non-hydrogen) atoms. The van der Waals surface area contributed by atoms with Crippen molar-refractivity contribution in [1.29, 1.82) is 0 Å². The van der Waals surface area contributed by atoms with Crippen LogP contribution in [0.4, 0.5) is 5.82 Å². The molecule has 0 saturated carbocycles. The maximum Gasteiger partial charge on any atom is 0.256 e. The average molecular weight is 336 g/mol. The second-order valence-corrected chi connectivity index (χ2v) is 6.08. The van der Waals surface area contributed by atoms with Crippen LogP contribution in [0.1, 0.15) is 15.9 Å². The molecule has 3 rings (SSSR count). The van der Waals surface area contributed by atoms with Crippen LogP contribution >= 0.6 is 11.8 Å². The molecule has 0 aliphatic carbocycles. The number of nitrogens with zero attached hydrogens (tertiary/aromatic N) is 1. The SMILES string of the molecule is CSc1ccc(-n2c(N)c(C(=O)c3ccccc3)ccc2=O)cc1. The fraction of sp³-hybridized carbons (Fsp3) is 0.0526. The Morgan fingerprint density at radius 1 is 0.958 bits per heavy atom. The monoisotopic (exact) mass is 336 g/mol. The minimum atomic E-state index is -0.269. The third-order valence-corrected chi connectivity index (χ3v) is 4.48. The van der Waals surface area contributed by atoms with Gasteiger partial charge in [-0.15, -0.1) is 11.8 Å². The minimum Gasteiger partial charge on any atom is -0.384 e. The van der Waals surface area contributed by atoms with Crippen molar-refractivity contribution in [3.05, 3.63) is 88.2 Å². The number of carbonyl (C=O) groups excluding carboxylic acids is 1. The predicted octanol–water partition coefficient (Wildman–Crippen LogP) is 3.37. The molecule has 5 heteroatoms. The van der Waals surface area contributed by atoms with E-state index >= 15 is 0 Å². The summed E-state index contributed by atoms with van der Waals surface area (Å²) in [7, 11) is 0. The largest absolute Gasteiger partial charge is 0.384 e. The summed E-state index contributed by atoms with van der Waals surface area (Å²) in [6.45, 7) is 0. The van der Waals surface area contributed by atoms with Gasteiger partial charge in [0, 0.05) is 16.5 Å². The molecule has 120 valence electrons. The third kappa shape index (κ3) is 2.98. The first-order valence-corrected chi connectivity index (χ1v) is 8.60. The minimum absolute atomic E-state index is 0.147. The highest BCUT2D eigenvalue weighted by molar-refractivity contribution is 7.98. The normalized spacial score (nSPS) is 10.5. The van der Waals surface area contributed by atoms with Crippen LogP contribution in [-0.2, 0) is 0 Å². The summed E-state index contributed by atoms with van der Waals surface area (Å²) in [4.78, 5) is 26.0. The van der Waals surface area contributed by atoms with Gasteiger partial charge in [-0.2, -0.15) is 0 Å². The van der Waals surface area contributed by atoms with Crippen LogP contribution in [-0.4, -0.2) is 16.6 Å². The van der Waals surface area contributed by atoms with Crippen LogP contribution in [0.2, 0.25) is 0 Å². The number of anilines is 1. The molecular formula is C19H16N2O2S. The molecule has 0 aliphatic heterocycles. The second kappa shape index (κ2) is 6.76. The van der Waals surface area contributed by atoms with Crippen LogP contribution in [0.15, 0.2) is 76.4 Å². The Hall–Kier alpha value is -2.79. The second-order valence-electron chi connectivity index (χ2n) is 5.20. The average Bonchev–Trinajstić information content (AvgIpc) is 2.63. The zero-order valence-corrected chi connectivity index (χ0v) is 13.9. The third-order valence-electron chi connectivity index (χ3n) is 3.74. The van der Waals surface area contributed by atoms with E-state index in [2.05, 4.69) is 0 Å². The van der Waals surface area contributed by atoms with E-state index in [1.165, 1.54) is 16.7 Å². The van der Waals surface area contributed by atoms with Crippen LogP contribution in [0.5, 0.6) is 0 Å². The molecule has 0 atom stereocenters. The summed E-state index contributed by atoms with van der Waals surface area (Å²) in [6.07, 6.45) is 1.98. The molecule has 4 nitrogen and oxygen atoms in total. The van der Waals surface area contributed by atoms with Crippen molar-refractivity contribution in [3.8, 4) is 5.69 Å². The van der Waals surface area contributed by atoms with Gasteiger partial charge in [-0.3, -0.25) is 14.2 Å². The zero-order valence-electron chi connectivity index (χ0n) is 13.1. The Morgan fingerprint density at radius 3 is 2.25 bits per heavy atom. The van der Waals surface area contributed by atoms with Crippen molar-refractivity contribution in [3.63, 3.8) is 0 Å². The first-order valence-electron chi connectivity index (χ1n) is 7.37. The fourth-order valence-corrected chi connectivity index (χ4v) is 2.90. The topological polar surface area (TPSA) is 65.1 Å². The summed E-state index contributed by atoms with van der Waals surface area (Å²) in [6, 6.07) is 19.2. The van der Waals surface area contributed by atoms with E-state index in [0.29, 0.717) is 16.8 Å². The molecule has 0 unspecified atom stereocenters. The Labute approximate surface area is 143 Å². The number of aromatic nitrogens is 1. The standard InChI is InChI=1S/C19H16N2O2S/c1-24-15-9-7-14(8-10-15)21-17(22)12-11-16(19(21)20)18(23)13-5-3-2-4-6-13/h2-12H,20H2,1H3. The van der Waals surface area contributed by atoms with Gasteiger partial charge >= 0.3 is 0 Å². The summed E-state index contributed by atoms with van der Waals surface area (Å²) in [5, 5.41) is 0. The lowest BCUT2D eigenvalue weighted by Gasteiger charge is -2.13. The molecule has 0 bridgehead atoms. The van der Waals surface area contributed by atoms with Gasteiger partial charge in [0.1, 0.15) is 5.82 Å². The fourth-order valence-electron chi connectivity index (χ4n) is 2.49. The highest BCUT2D eigenvalue weighted by Crippen LogP contribution is 2.21. The van der Waals surface area contributed by atoms with Crippen molar-refractivity contribution in [1.82, 2.24) is 4.57 Å². The molecule has 2 aromatic carbocycles. The lowest BCUT2D eigenvalue weighted by Crippen LogP contribution is -2.23. The summed E-state index contributed by atoms with van der Waals surface area (Å²) >= 11 is 1.61. The van der Waals surface area contributed by atoms with E-state index in [-0.39, 0.29) is 17.2 Å². The maximum atomic E-state index is 12.7. The number of hydrogen-bond donors (Lipinski definition) is 1. The number of nitrogen functional groups attached to an aromatic ring is 1. The van der Waals surface area contributed by atoms with Crippen molar-refractivity contribution in [2.75, 3.05) is 12.0 Å². The number of nitrogens with two attached hydrogens (primary N) is 1. The number of thioether (sulfide) groups is 1.